The number of aromatic nitrogens is 1. The second-order valence-corrected chi connectivity index (χ2v) is 2.95. The van der Waals surface area contributed by atoms with E-state index in [1.165, 1.54) is 6.07 Å². The molecule has 0 aliphatic carbocycles. The van der Waals surface area contributed by atoms with E-state index in [4.69, 9.17) is 0 Å². The van der Waals surface area contributed by atoms with Gasteiger partial charge in [0.2, 0.25) is 0 Å². The predicted molar refractivity (Wildman–Crippen MR) is 41.7 cm³/mol. The van der Waals surface area contributed by atoms with E-state index >= 15 is 0 Å². The third-order valence-electron chi connectivity index (χ3n) is 1.37. The smallest absolute Gasteiger partial charge is 0.249 e. The molecule has 0 fully saturated rings. The topological polar surface area (TPSA) is 12.9 Å². The van der Waals surface area contributed by atoms with Crippen molar-refractivity contribution in [1.82, 2.24) is 4.98 Å². The van der Waals surface area contributed by atoms with E-state index < -0.39 is 13.1 Å². The zero-order chi connectivity index (χ0) is 9.14. The maximum Gasteiger partial charge on any atom is 0.265 e. The van der Waals surface area contributed by atoms with Crippen LogP contribution in [0.25, 0.3) is 0 Å². The highest BCUT2D eigenvalue weighted by atomic mass is 79.9. The maximum atomic E-state index is 12.1. The molecule has 0 spiro atoms. The molecular formula is C7H5BrF3N. The summed E-state index contributed by atoms with van der Waals surface area (Å²) in [5.74, 6) is 0. The summed E-state index contributed by atoms with van der Waals surface area (Å²) in [5, 5.41) is 0. The molecule has 0 N–H and O–H groups in total. The summed E-state index contributed by atoms with van der Waals surface area (Å²) in [6, 6.07) is 1.25. The average Bonchev–Trinajstić information content (AvgIpc) is 2.03. The lowest BCUT2D eigenvalue weighted by molar-refractivity contribution is 0.149. The van der Waals surface area contributed by atoms with Crippen molar-refractivity contribution >= 4 is 15.9 Å². The molecule has 0 saturated heterocycles. The Balaban J connectivity index is 3.11. The van der Waals surface area contributed by atoms with E-state index in [-0.39, 0.29) is 11.1 Å². The summed E-state index contributed by atoms with van der Waals surface area (Å²) in [7, 11) is 0. The lowest BCUT2D eigenvalue weighted by Crippen LogP contribution is -1.94. The lowest BCUT2D eigenvalue weighted by Gasteiger charge is -2.04. The Bertz CT molecular complexity index is 277. The van der Waals surface area contributed by atoms with E-state index in [1.807, 2.05) is 0 Å². The van der Waals surface area contributed by atoms with Crippen molar-refractivity contribution in [3.05, 3.63) is 28.0 Å². The minimum Gasteiger partial charge on any atom is -0.249 e. The molecule has 0 aliphatic heterocycles. The van der Waals surface area contributed by atoms with Gasteiger partial charge in [-0.2, -0.15) is 0 Å². The van der Waals surface area contributed by atoms with Gasteiger partial charge in [0.25, 0.3) is 6.43 Å². The molecule has 1 heterocycles. The molecule has 0 aliphatic rings. The summed E-state index contributed by atoms with van der Waals surface area (Å²) in [6.07, 6.45) is -1.69. The van der Waals surface area contributed by atoms with Crippen LogP contribution in [0.15, 0.2) is 16.9 Å². The molecule has 1 aromatic rings. The fourth-order valence-corrected chi connectivity index (χ4v) is 1.17. The fraction of sp³-hybridized carbons (Fsp3) is 0.286. The first kappa shape index (κ1) is 9.51. The zero-order valence-corrected chi connectivity index (χ0v) is 7.48. The lowest BCUT2D eigenvalue weighted by atomic mass is 10.2. The van der Waals surface area contributed by atoms with Gasteiger partial charge >= 0.3 is 0 Å². The second-order valence-electron chi connectivity index (χ2n) is 2.14. The van der Waals surface area contributed by atoms with Crippen LogP contribution >= 0.6 is 15.9 Å². The molecule has 0 amide bonds. The molecule has 1 aromatic heterocycles. The Labute approximate surface area is 75.7 Å². The molecule has 0 atom stereocenters. The average molecular weight is 240 g/mol. The van der Waals surface area contributed by atoms with Gasteiger partial charge in [0.1, 0.15) is 11.3 Å². The molecular weight excluding hydrogens is 235 g/mol. The van der Waals surface area contributed by atoms with Crippen molar-refractivity contribution in [2.75, 3.05) is 0 Å². The quantitative estimate of drug-likeness (QED) is 0.723. The Morgan fingerprint density at radius 3 is 2.67 bits per heavy atom. The molecule has 0 unspecified atom stereocenters. The van der Waals surface area contributed by atoms with Crippen LogP contribution in [-0.2, 0) is 6.67 Å². The minimum atomic E-state index is -2.67. The van der Waals surface area contributed by atoms with Crippen LogP contribution in [0.2, 0.25) is 0 Å². The van der Waals surface area contributed by atoms with Gasteiger partial charge in [-0.05, 0) is 27.6 Å². The van der Waals surface area contributed by atoms with Gasteiger partial charge in [0.05, 0.1) is 0 Å². The van der Waals surface area contributed by atoms with Crippen molar-refractivity contribution < 1.29 is 13.2 Å². The number of rotatable bonds is 2. The molecule has 66 valence electrons. The Morgan fingerprint density at radius 1 is 1.50 bits per heavy atom. The van der Waals surface area contributed by atoms with E-state index in [1.54, 1.807) is 0 Å². The molecule has 0 radical (unpaired) electrons. The standard InChI is InChI=1S/C7H5BrF3N/c8-6-1-4(2-9)5(3-12-6)7(10)11/h1,3,7H,2H2. The zero-order valence-electron chi connectivity index (χ0n) is 5.90. The minimum absolute atomic E-state index is 0.0214. The van der Waals surface area contributed by atoms with Crippen LogP contribution in [0.3, 0.4) is 0 Å². The molecule has 12 heavy (non-hydrogen) atoms. The maximum absolute atomic E-state index is 12.1. The molecule has 1 nitrogen and oxygen atoms in total. The number of nitrogens with zero attached hydrogens (tertiary/aromatic N) is 1. The Morgan fingerprint density at radius 2 is 2.17 bits per heavy atom. The van der Waals surface area contributed by atoms with Gasteiger partial charge in [-0.3, -0.25) is 0 Å². The van der Waals surface area contributed by atoms with Crippen LogP contribution in [0.4, 0.5) is 13.2 Å². The van der Waals surface area contributed by atoms with Crippen LogP contribution in [-0.4, -0.2) is 4.98 Å². The largest absolute Gasteiger partial charge is 0.265 e. The van der Waals surface area contributed by atoms with Gasteiger partial charge in [-0.1, -0.05) is 0 Å². The fourth-order valence-electron chi connectivity index (χ4n) is 0.791. The van der Waals surface area contributed by atoms with Crippen molar-refractivity contribution in [2.45, 2.75) is 13.1 Å². The molecule has 0 bridgehead atoms. The van der Waals surface area contributed by atoms with E-state index in [0.29, 0.717) is 4.60 Å². The number of alkyl halides is 3. The summed E-state index contributed by atoms with van der Waals surface area (Å²) in [4.78, 5) is 3.58. The number of hydrogen-bond donors (Lipinski definition) is 0. The van der Waals surface area contributed by atoms with Crippen LogP contribution in [0.5, 0.6) is 0 Å². The third kappa shape index (κ3) is 1.97. The van der Waals surface area contributed by atoms with Gasteiger partial charge in [-0.25, -0.2) is 18.2 Å². The Kier molecular flexibility index (Phi) is 3.08. The van der Waals surface area contributed by atoms with Gasteiger partial charge in [0, 0.05) is 11.8 Å². The van der Waals surface area contributed by atoms with E-state index in [0.717, 1.165) is 6.20 Å². The SMILES string of the molecule is FCc1cc(Br)ncc1C(F)F. The highest BCUT2D eigenvalue weighted by Crippen LogP contribution is 2.24. The van der Waals surface area contributed by atoms with E-state index in [2.05, 4.69) is 20.9 Å². The van der Waals surface area contributed by atoms with Gasteiger partial charge in [0.15, 0.2) is 0 Å². The molecule has 5 heteroatoms. The van der Waals surface area contributed by atoms with Crippen LogP contribution in [0.1, 0.15) is 17.6 Å². The second kappa shape index (κ2) is 3.89. The van der Waals surface area contributed by atoms with Crippen LogP contribution in [0, 0.1) is 0 Å². The van der Waals surface area contributed by atoms with Gasteiger partial charge in [-0.15, -0.1) is 0 Å². The predicted octanol–water partition coefficient (Wildman–Crippen LogP) is 3.25. The third-order valence-corrected chi connectivity index (χ3v) is 1.80. The van der Waals surface area contributed by atoms with Gasteiger partial charge < -0.3 is 0 Å². The van der Waals surface area contributed by atoms with E-state index in [9.17, 15) is 13.2 Å². The summed E-state index contributed by atoms with van der Waals surface area (Å²) in [5.41, 5.74) is -0.368. The molecule has 0 aromatic carbocycles. The van der Waals surface area contributed by atoms with Crippen molar-refractivity contribution in [1.29, 1.82) is 0 Å². The summed E-state index contributed by atoms with van der Waals surface area (Å²) >= 11 is 2.96. The normalized spacial score (nSPS) is 10.8. The summed E-state index contributed by atoms with van der Waals surface area (Å²) < 4.78 is 36.8. The van der Waals surface area contributed by atoms with Crippen molar-refractivity contribution in [3.8, 4) is 0 Å². The number of hydrogen-bond acceptors (Lipinski definition) is 1. The molecule has 0 saturated carbocycles. The monoisotopic (exact) mass is 239 g/mol. The summed E-state index contributed by atoms with van der Waals surface area (Å²) in [6.45, 7) is -0.902. The first-order valence-electron chi connectivity index (χ1n) is 3.13. The van der Waals surface area contributed by atoms with Crippen molar-refractivity contribution in [2.24, 2.45) is 0 Å². The van der Waals surface area contributed by atoms with Crippen molar-refractivity contribution in [3.63, 3.8) is 0 Å². The first-order chi connectivity index (χ1) is 5.65. The number of pyridine rings is 1. The highest BCUT2D eigenvalue weighted by molar-refractivity contribution is 9.10. The number of halogens is 4. The Hall–Kier alpha value is -0.580. The van der Waals surface area contributed by atoms with Crippen LogP contribution < -0.4 is 0 Å². The highest BCUT2D eigenvalue weighted by Gasteiger charge is 2.13. The first-order valence-corrected chi connectivity index (χ1v) is 3.93. The molecule has 1 rings (SSSR count).